The molecule has 1 amide bonds. The van der Waals surface area contributed by atoms with Crippen molar-refractivity contribution in [3.8, 4) is 0 Å². The SMILES string of the molecule is CCN1CCN(C(=O)CNC(C)(C)C)CC1C. The van der Waals surface area contributed by atoms with Crippen LogP contribution in [0.1, 0.15) is 34.6 Å². The van der Waals surface area contributed by atoms with Gasteiger partial charge in [0.15, 0.2) is 0 Å². The Morgan fingerprint density at radius 3 is 2.47 bits per heavy atom. The number of carbonyl (C=O) groups excluding carboxylic acids is 1. The summed E-state index contributed by atoms with van der Waals surface area (Å²) in [7, 11) is 0. The number of rotatable bonds is 3. The van der Waals surface area contributed by atoms with Crippen LogP contribution in [0.3, 0.4) is 0 Å². The van der Waals surface area contributed by atoms with Gasteiger partial charge in [-0.05, 0) is 34.2 Å². The van der Waals surface area contributed by atoms with Gasteiger partial charge in [0.2, 0.25) is 5.91 Å². The maximum absolute atomic E-state index is 12.0. The third-order valence-corrected chi connectivity index (χ3v) is 3.29. The van der Waals surface area contributed by atoms with E-state index in [1.807, 2.05) is 4.90 Å². The number of hydrogen-bond acceptors (Lipinski definition) is 3. The number of piperazine rings is 1. The van der Waals surface area contributed by atoms with E-state index < -0.39 is 0 Å². The van der Waals surface area contributed by atoms with Crippen molar-refractivity contribution in [2.24, 2.45) is 0 Å². The Bertz CT molecular complexity index is 260. The van der Waals surface area contributed by atoms with Gasteiger partial charge in [-0.15, -0.1) is 0 Å². The molecule has 1 saturated heterocycles. The van der Waals surface area contributed by atoms with Crippen LogP contribution in [-0.2, 0) is 4.79 Å². The summed E-state index contributed by atoms with van der Waals surface area (Å²) in [6.07, 6.45) is 0. The van der Waals surface area contributed by atoms with E-state index >= 15 is 0 Å². The predicted octanol–water partition coefficient (Wildman–Crippen LogP) is 0.927. The van der Waals surface area contributed by atoms with Gasteiger partial charge in [-0.25, -0.2) is 0 Å². The highest BCUT2D eigenvalue weighted by molar-refractivity contribution is 5.78. The van der Waals surface area contributed by atoms with Gasteiger partial charge in [0.05, 0.1) is 6.54 Å². The molecule has 1 aliphatic heterocycles. The fourth-order valence-corrected chi connectivity index (χ4v) is 2.14. The van der Waals surface area contributed by atoms with Crippen LogP contribution in [0.4, 0.5) is 0 Å². The lowest BCUT2D eigenvalue weighted by Crippen LogP contribution is -2.55. The average molecular weight is 241 g/mol. The van der Waals surface area contributed by atoms with E-state index in [9.17, 15) is 4.79 Å². The van der Waals surface area contributed by atoms with Gasteiger partial charge in [0.25, 0.3) is 0 Å². The van der Waals surface area contributed by atoms with Crippen LogP contribution in [0, 0.1) is 0 Å². The fourth-order valence-electron chi connectivity index (χ4n) is 2.14. The van der Waals surface area contributed by atoms with E-state index in [4.69, 9.17) is 0 Å². The van der Waals surface area contributed by atoms with E-state index in [-0.39, 0.29) is 11.4 Å². The molecule has 1 heterocycles. The Labute approximate surface area is 105 Å². The summed E-state index contributed by atoms with van der Waals surface area (Å²) in [4.78, 5) is 16.4. The topological polar surface area (TPSA) is 35.6 Å². The smallest absolute Gasteiger partial charge is 0.236 e. The van der Waals surface area contributed by atoms with Crippen LogP contribution in [0.2, 0.25) is 0 Å². The van der Waals surface area contributed by atoms with Crippen molar-refractivity contribution in [1.82, 2.24) is 15.1 Å². The van der Waals surface area contributed by atoms with Crippen LogP contribution < -0.4 is 5.32 Å². The normalized spacial score (nSPS) is 22.9. The Morgan fingerprint density at radius 2 is 2.00 bits per heavy atom. The van der Waals surface area contributed by atoms with E-state index in [2.05, 4.69) is 44.8 Å². The van der Waals surface area contributed by atoms with Crippen LogP contribution in [0.5, 0.6) is 0 Å². The second-order valence-corrected chi connectivity index (χ2v) is 5.92. The van der Waals surface area contributed by atoms with Crippen molar-refractivity contribution >= 4 is 5.91 Å². The lowest BCUT2D eigenvalue weighted by Gasteiger charge is -2.39. The van der Waals surface area contributed by atoms with Crippen molar-refractivity contribution in [2.75, 3.05) is 32.7 Å². The minimum absolute atomic E-state index is 0.00647. The van der Waals surface area contributed by atoms with Gasteiger partial charge in [0, 0.05) is 31.2 Å². The summed E-state index contributed by atoms with van der Waals surface area (Å²) in [5, 5.41) is 3.25. The quantitative estimate of drug-likeness (QED) is 0.798. The van der Waals surface area contributed by atoms with Crippen LogP contribution >= 0.6 is 0 Å². The van der Waals surface area contributed by atoms with E-state index in [1.54, 1.807) is 0 Å². The Balaban J connectivity index is 2.39. The van der Waals surface area contributed by atoms with E-state index in [0.29, 0.717) is 12.6 Å². The zero-order valence-electron chi connectivity index (χ0n) is 11.9. The van der Waals surface area contributed by atoms with Gasteiger partial charge < -0.3 is 10.2 Å². The number of hydrogen-bond donors (Lipinski definition) is 1. The molecule has 0 saturated carbocycles. The summed E-state index contributed by atoms with van der Waals surface area (Å²) in [6.45, 7) is 14.9. The van der Waals surface area contributed by atoms with Crippen LogP contribution in [-0.4, -0.2) is 60.0 Å². The number of amides is 1. The molecule has 0 aromatic rings. The molecule has 1 aliphatic rings. The highest BCUT2D eigenvalue weighted by Crippen LogP contribution is 2.09. The molecule has 1 N–H and O–H groups in total. The molecule has 0 aromatic heterocycles. The molecule has 0 spiro atoms. The summed E-state index contributed by atoms with van der Waals surface area (Å²) in [6, 6.07) is 0.479. The van der Waals surface area contributed by atoms with Crippen molar-refractivity contribution in [2.45, 2.75) is 46.2 Å². The summed E-state index contributed by atoms with van der Waals surface area (Å²) >= 11 is 0. The first kappa shape index (κ1) is 14.5. The first-order valence-corrected chi connectivity index (χ1v) is 6.60. The molecule has 4 heteroatoms. The third-order valence-electron chi connectivity index (χ3n) is 3.29. The fraction of sp³-hybridized carbons (Fsp3) is 0.923. The minimum Gasteiger partial charge on any atom is -0.339 e. The molecular weight excluding hydrogens is 214 g/mol. The molecule has 0 aromatic carbocycles. The van der Waals surface area contributed by atoms with Crippen molar-refractivity contribution in [1.29, 1.82) is 0 Å². The third kappa shape index (κ3) is 4.64. The zero-order valence-corrected chi connectivity index (χ0v) is 11.9. The van der Waals surface area contributed by atoms with Crippen LogP contribution in [0.25, 0.3) is 0 Å². The first-order valence-electron chi connectivity index (χ1n) is 6.60. The molecule has 4 nitrogen and oxygen atoms in total. The van der Waals surface area contributed by atoms with Crippen LogP contribution in [0.15, 0.2) is 0 Å². The molecule has 0 bridgehead atoms. The van der Waals surface area contributed by atoms with E-state index in [1.165, 1.54) is 0 Å². The Hall–Kier alpha value is -0.610. The largest absolute Gasteiger partial charge is 0.339 e. The maximum Gasteiger partial charge on any atom is 0.236 e. The molecule has 100 valence electrons. The number of nitrogens with one attached hydrogen (secondary N) is 1. The monoisotopic (exact) mass is 241 g/mol. The summed E-state index contributed by atoms with van der Waals surface area (Å²) in [5.74, 6) is 0.225. The molecule has 0 aliphatic carbocycles. The zero-order chi connectivity index (χ0) is 13.1. The Morgan fingerprint density at radius 1 is 1.35 bits per heavy atom. The second kappa shape index (κ2) is 5.83. The molecule has 0 radical (unpaired) electrons. The molecule has 1 fully saturated rings. The molecule has 17 heavy (non-hydrogen) atoms. The minimum atomic E-state index is 0.00647. The Kier molecular flexibility index (Phi) is 4.95. The highest BCUT2D eigenvalue weighted by atomic mass is 16.2. The highest BCUT2D eigenvalue weighted by Gasteiger charge is 2.25. The number of nitrogens with zero attached hydrogens (tertiary/aromatic N) is 2. The lowest BCUT2D eigenvalue weighted by molar-refractivity contribution is -0.133. The van der Waals surface area contributed by atoms with Crippen molar-refractivity contribution < 1.29 is 4.79 Å². The van der Waals surface area contributed by atoms with Crippen molar-refractivity contribution in [3.05, 3.63) is 0 Å². The number of carbonyl (C=O) groups is 1. The molecule has 1 rings (SSSR count). The second-order valence-electron chi connectivity index (χ2n) is 5.92. The van der Waals surface area contributed by atoms with Gasteiger partial charge in [0.1, 0.15) is 0 Å². The van der Waals surface area contributed by atoms with Gasteiger partial charge in [-0.3, -0.25) is 9.69 Å². The number of likely N-dealkylation sites (N-methyl/N-ethyl adjacent to an activating group) is 1. The average Bonchev–Trinajstić information content (AvgIpc) is 2.24. The van der Waals surface area contributed by atoms with Gasteiger partial charge in [-0.1, -0.05) is 6.92 Å². The van der Waals surface area contributed by atoms with Crippen molar-refractivity contribution in [3.63, 3.8) is 0 Å². The lowest BCUT2D eigenvalue weighted by atomic mass is 10.1. The molecular formula is C13H27N3O. The first-order chi connectivity index (χ1) is 7.83. The van der Waals surface area contributed by atoms with Gasteiger partial charge in [-0.2, -0.15) is 0 Å². The van der Waals surface area contributed by atoms with E-state index in [0.717, 1.165) is 26.2 Å². The molecule has 1 atom stereocenters. The van der Waals surface area contributed by atoms with Gasteiger partial charge >= 0.3 is 0 Å². The molecule has 1 unspecified atom stereocenters. The predicted molar refractivity (Wildman–Crippen MR) is 71.0 cm³/mol. The summed E-state index contributed by atoms with van der Waals surface area (Å²) in [5.41, 5.74) is 0.00647. The maximum atomic E-state index is 12.0. The standard InChI is InChI=1S/C13H27N3O/c1-6-15-7-8-16(10-11(15)2)12(17)9-14-13(3,4)5/h11,14H,6-10H2,1-5H3. The summed E-state index contributed by atoms with van der Waals surface area (Å²) < 4.78 is 0.